The highest BCUT2D eigenvalue weighted by Crippen LogP contribution is 2.23. The van der Waals surface area contributed by atoms with E-state index in [4.69, 9.17) is 21.3 Å². The van der Waals surface area contributed by atoms with Crippen molar-refractivity contribution < 1.29 is 4.74 Å². The maximum Gasteiger partial charge on any atom is 0.137 e. The summed E-state index contributed by atoms with van der Waals surface area (Å²) >= 11 is 6.22. The number of imidazole rings is 1. The van der Waals surface area contributed by atoms with Gasteiger partial charge in [0.15, 0.2) is 0 Å². The third-order valence-electron chi connectivity index (χ3n) is 5.72. The van der Waals surface area contributed by atoms with Gasteiger partial charge in [-0.1, -0.05) is 48.7 Å². The van der Waals surface area contributed by atoms with Crippen LogP contribution in [-0.4, -0.2) is 40.7 Å². The lowest BCUT2D eigenvalue weighted by molar-refractivity contribution is 0.278. The molecular formula is C24H30ClN3O. The number of rotatable bonds is 8. The van der Waals surface area contributed by atoms with Gasteiger partial charge in [0, 0.05) is 6.42 Å². The number of hydrogen-bond donors (Lipinski definition) is 0. The molecule has 2 aromatic carbocycles. The van der Waals surface area contributed by atoms with Crippen LogP contribution in [-0.2, 0) is 13.0 Å². The molecule has 0 atom stereocenters. The summed E-state index contributed by atoms with van der Waals surface area (Å²) in [6.45, 7) is 5.01. The minimum atomic E-state index is 0.573. The molecule has 0 saturated carbocycles. The molecule has 3 aromatic rings. The molecule has 154 valence electrons. The van der Waals surface area contributed by atoms with Gasteiger partial charge in [-0.05, 0) is 63.2 Å². The Morgan fingerprint density at radius 2 is 1.66 bits per heavy atom. The second-order valence-corrected chi connectivity index (χ2v) is 8.21. The zero-order chi connectivity index (χ0) is 19.9. The van der Waals surface area contributed by atoms with E-state index in [1.54, 1.807) is 0 Å². The van der Waals surface area contributed by atoms with Crippen molar-refractivity contribution in [3.8, 4) is 5.75 Å². The first-order chi connectivity index (χ1) is 14.3. The molecule has 4 nitrogen and oxygen atoms in total. The van der Waals surface area contributed by atoms with Crippen molar-refractivity contribution in [2.45, 2.75) is 45.1 Å². The molecule has 0 amide bonds. The van der Waals surface area contributed by atoms with E-state index >= 15 is 0 Å². The molecule has 1 aliphatic rings. The normalized spacial score (nSPS) is 15.5. The second kappa shape index (κ2) is 10.1. The van der Waals surface area contributed by atoms with Gasteiger partial charge < -0.3 is 14.2 Å². The summed E-state index contributed by atoms with van der Waals surface area (Å²) in [6.07, 6.45) is 7.61. The molecule has 29 heavy (non-hydrogen) atoms. The molecule has 2 heterocycles. The maximum atomic E-state index is 6.22. The Morgan fingerprint density at radius 3 is 2.48 bits per heavy atom. The molecule has 0 spiro atoms. The highest BCUT2D eigenvalue weighted by molar-refractivity contribution is 6.32. The standard InChI is InChI=1S/C24H30ClN3O/c25-20-10-3-6-13-23(20)29-19-18-28-22-12-5-4-11-21(22)26-24(28)14-9-17-27-15-7-1-2-8-16-27/h3-6,10-13H,1-2,7-9,14-19H2. The average molecular weight is 412 g/mol. The number of halogens is 1. The fourth-order valence-electron chi connectivity index (χ4n) is 4.19. The van der Waals surface area contributed by atoms with Crippen molar-refractivity contribution >= 4 is 22.6 Å². The fraction of sp³-hybridized carbons (Fsp3) is 0.458. The van der Waals surface area contributed by atoms with Gasteiger partial charge in [-0.15, -0.1) is 0 Å². The van der Waals surface area contributed by atoms with Crippen LogP contribution in [0.1, 0.15) is 37.9 Å². The van der Waals surface area contributed by atoms with E-state index in [-0.39, 0.29) is 0 Å². The molecule has 1 saturated heterocycles. The van der Waals surface area contributed by atoms with Crippen molar-refractivity contribution in [2.24, 2.45) is 0 Å². The van der Waals surface area contributed by atoms with Crippen molar-refractivity contribution in [3.63, 3.8) is 0 Å². The molecule has 1 fully saturated rings. The Hall–Kier alpha value is -2.04. The van der Waals surface area contributed by atoms with Gasteiger partial charge >= 0.3 is 0 Å². The summed E-state index contributed by atoms with van der Waals surface area (Å²) in [5.41, 5.74) is 2.25. The molecular weight excluding hydrogens is 382 g/mol. The largest absolute Gasteiger partial charge is 0.490 e. The third kappa shape index (κ3) is 5.31. The Bertz CT molecular complexity index is 915. The van der Waals surface area contributed by atoms with Crippen molar-refractivity contribution in [1.29, 1.82) is 0 Å². The predicted molar refractivity (Wildman–Crippen MR) is 120 cm³/mol. The number of aryl methyl sites for hydroxylation is 1. The summed E-state index contributed by atoms with van der Waals surface area (Å²) < 4.78 is 8.25. The number of benzene rings is 2. The summed E-state index contributed by atoms with van der Waals surface area (Å²) in [5, 5.41) is 0.653. The van der Waals surface area contributed by atoms with Gasteiger partial charge in [0.1, 0.15) is 18.2 Å². The number of fused-ring (bicyclic) bond motifs is 1. The molecule has 5 heteroatoms. The minimum Gasteiger partial charge on any atom is -0.490 e. The highest BCUT2D eigenvalue weighted by atomic mass is 35.5. The highest BCUT2D eigenvalue weighted by Gasteiger charge is 2.13. The maximum absolute atomic E-state index is 6.22. The lowest BCUT2D eigenvalue weighted by Gasteiger charge is -2.19. The number of aromatic nitrogens is 2. The molecule has 0 radical (unpaired) electrons. The van der Waals surface area contributed by atoms with Crippen LogP contribution in [0.25, 0.3) is 11.0 Å². The van der Waals surface area contributed by atoms with Crippen LogP contribution in [0.3, 0.4) is 0 Å². The number of nitrogens with zero attached hydrogens (tertiary/aromatic N) is 3. The van der Waals surface area contributed by atoms with E-state index in [0.29, 0.717) is 11.6 Å². The minimum absolute atomic E-state index is 0.573. The van der Waals surface area contributed by atoms with E-state index in [1.807, 2.05) is 24.3 Å². The average Bonchev–Trinajstić information content (AvgIpc) is 2.89. The quantitative estimate of drug-likeness (QED) is 0.484. The zero-order valence-corrected chi connectivity index (χ0v) is 17.8. The first-order valence-corrected chi connectivity index (χ1v) is 11.2. The van der Waals surface area contributed by atoms with E-state index in [0.717, 1.165) is 36.5 Å². The topological polar surface area (TPSA) is 30.3 Å². The van der Waals surface area contributed by atoms with Crippen LogP contribution >= 0.6 is 11.6 Å². The van der Waals surface area contributed by atoms with E-state index in [9.17, 15) is 0 Å². The smallest absolute Gasteiger partial charge is 0.137 e. The van der Waals surface area contributed by atoms with Crippen LogP contribution in [0.5, 0.6) is 5.75 Å². The number of likely N-dealkylation sites (tertiary alicyclic amines) is 1. The Morgan fingerprint density at radius 1 is 0.897 bits per heavy atom. The van der Waals surface area contributed by atoms with E-state index < -0.39 is 0 Å². The van der Waals surface area contributed by atoms with Crippen molar-refractivity contribution in [3.05, 3.63) is 59.4 Å². The van der Waals surface area contributed by atoms with Crippen molar-refractivity contribution in [2.75, 3.05) is 26.2 Å². The molecule has 1 aliphatic heterocycles. The van der Waals surface area contributed by atoms with Crippen molar-refractivity contribution in [1.82, 2.24) is 14.5 Å². The van der Waals surface area contributed by atoms with Gasteiger partial charge in [0.25, 0.3) is 0 Å². The van der Waals surface area contributed by atoms with Crippen LogP contribution in [0.15, 0.2) is 48.5 Å². The predicted octanol–water partition coefficient (Wildman–Crippen LogP) is 5.58. The second-order valence-electron chi connectivity index (χ2n) is 7.81. The molecule has 0 bridgehead atoms. The Kier molecular flexibility index (Phi) is 7.07. The summed E-state index contributed by atoms with van der Waals surface area (Å²) in [4.78, 5) is 7.55. The first-order valence-electron chi connectivity index (χ1n) is 10.8. The SMILES string of the molecule is Clc1ccccc1OCCn1c(CCCN2CCCCCC2)nc2ccccc21. The number of ether oxygens (including phenoxy) is 1. The lowest BCUT2D eigenvalue weighted by Crippen LogP contribution is -2.26. The first kappa shape index (κ1) is 20.2. The van der Waals surface area contributed by atoms with E-state index in [2.05, 4.69) is 33.7 Å². The molecule has 0 N–H and O–H groups in total. The van der Waals surface area contributed by atoms with Gasteiger partial charge in [-0.2, -0.15) is 0 Å². The Balaban J connectivity index is 1.40. The molecule has 4 rings (SSSR count). The number of hydrogen-bond acceptors (Lipinski definition) is 3. The molecule has 0 unspecified atom stereocenters. The van der Waals surface area contributed by atoms with Gasteiger partial charge in [-0.3, -0.25) is 0 Å². The van der Waals surface area contributed by atoms with E-state index in [1.165, 1.54) is 50.8 Å². The fourth-order valence-corrected chi connectivity index (χ4v) is 4.39. The third-order valence-corrected chi connectivity index (χ3v) is 6.03. The molecule has 0 aliphatic carbocycles. The molecule has 1 aromatic heterocycles. The van der Waals surface area contributed by atoms with Gasteiger partial charge in [-0.25, -0.2) is 4.98 Å². The number of para-hydroxylation sites is 3. The van der Waals surface area contributed by atoms with Crippen LogP contribution in [0, 0.1) is 0 Å². The van der Waals surface area contributed by atoms with Crippen LogP contribution in [0.2, 0.25) is 5.02 Å². The monoisotopic (exact) mass is 411 g/mol. The zero-order valence-electron chi connectivity index (χ0n) is 17.0. The van der Waals surface area contributed by atoms with Crippen LogP contribution in [0.4, 0.5) is 0 Å². The Labute approximate surface area is 178 Å². The van der Waals surface area contributed by atoms with Crippen LogP contribution < -0.4 is 4.74 Å². The van der Waals surface area contributed by atoms with Gasteiger partial charge in [0.05, 0.1) is 22.6 Å². The summed E-state index contributed by atoms with van der Waals surface area (Å²) in [6, 6.07) is 16.0. The summed E-state index contributed by atoms with van der Waals surface area (Å²) in [7, 11) is 0. The summed E-state index contributed by atoms with van der Waals surface area (Å²) in [5.74, 6) is 1.89. The van der Waals surface area contributed by atoms with Gasteiger partial charge in [0.2, 0.25) is 0 Å². The lowest BCUT2D eigenvalue weighted by atomic mass is 10.2.